The number of fused-ring (bicyclic) bond motifs is 1. The second-order valence-corrected chi connectivity index (χ2v) is 6.90. The number of unbranched alkanes of at least 4 members (excludes halogenated alkanes) is 1. The van der Waals surface area contributed by atoms with Crippen LogP contribution in [0.15, 0.2) is 29.3 Å². The smallest absolute Gasteiger partial charge is 0.191 e. The van der Waals surface area contributed by atoms with Crippen LogP contribution in [0.3, 0.4) is 0 Å². The van der Waals surface area contributed by atoms with E-state index in [1.807, 2.05) is 6.92 Å². The number of benzene rings is 1. The molecule has 1 aromatic rings. The van der Waals surface area contributed by atoms with Crippen LogP contribution in [0.5, 0.6) is 0 Å². The molecule has 1 aromatic carbocycles. The van der Waals surface area contributed by atoms with Crippen LogP contribution < -0.4 is 10.6 Å². The minimum atomic E-state index is 0.260. The number of aryl methyl sites for hydroxylation is 1. The lowest BCUT2D eigenvalue weighted by atomic mass is 9.89. The molecule has 1 aliphatic rings. The molecule has 0 bridgehead atoms. The number of hydrogen-bond acceptors (Lipinski definition) is 3. The average Bonchev–Trinajstić information content (AvgIpc) is 2.70. The van der Waals surface area contributed by atoms with Crippen molar-refractivity contribution in [2.45, 2.75) is 58.5 Å². The highest BCUT2D eigenvalue weighted by molar-refractivity contribution is 5.79. The first-order chi connectivity index (χ1) is 13.3. The average molecular weight is 376 g/mol. The van der Waals surface area contributed by atoms with E-state index in [-0.39, 0.29) is 6.10 Å². The minimum Gasteiger partial charge on any atom is -0.382 e. The van der Waals surface area contributed by atoms with Gasteiger partial charge in [0.25, 0.3) is 0 Å². The summed E-state index contributed by atoms with van der Waals surface area (Å²) in [5.41, 5.74) is 2.84. The van der Waals surface area contributed by atoms with Crippen LogP contribution in [0, 0.1) is 0 Å². The lowest BCUT2D eigenvalue weighted by Gasteiger charge is -2.25. The number of ether oxygens (including phenoxy) is 2. The van der Waals surface area contributed by atoms with Gasteiger partial charge in [-0.2, -0.15) is 0 Å². The molecule has 0 saturated carbocycles. The molecule has 1 aliphatic carbocycles. The molecular weight excluding hydrogens is 338 g/mol. The van der Waals surface area contributed by atoms with E-state index in [1.54, 1.807) is 0 Å². The Morgan fingerprint density at radius 2 is 2.00 bits per heavy atom. The monoisotopic (exact) mass is 375 g/mol. The molecule has 1 atom stereocenters. The van der Waals surface area contributed by atoms with Crippen LogP contribution in [0.25, 0.3) is 0 Å². The molecule has 5 nitrogen and oxygen atoms in total. The van der Waals surface area contributed by atoms with Gasteiger partial charge in [0, 0.05) is 39.5 Å². The Morgan fingerprint density at radius 3 is 2.85 bits per heavy atom. The summed E-state index contributed by atoms with van der Waals surface area (Å²) >= 11 is 0. The third-order valence-electron chi connectivity index (χ3n) is 4.76. The molecule has 1 unspecified atom stereocenters. The molecule has 0 amide bonds. The highest BCUT2D eigenvalue weighted by atomic mass is 16.5. The molecular formula is C22H37N3O2. The summed E-state index contributed by atoms with van der Waals surface area (Å²) in [7, 11) is 0. The summed E-state index contributed by atoms with van der Waals surface area (Å²) < 4.78 is 11.5. The summed E-state index contributed by atoms with van der Waals surface area (Å²) in [6, 6.07) is 8.70. The maximum atomic E-state index is 6.16. The Balaban J connectivity index is 1.64. The van der Waals surface area contributed by atoms with Gasteiger partial charge in [-0.25, -0.2) is 0 Å². The summed E-state index contributed by atoms with van der Waals surface area (Å²) in [4.78, 5) is 4.66. The Hall–Kier alpha value is -1.59. The molecule has 0 aromatic heterocycles. The zero-order valence-corrected chi connectivity index (χ0v) is 17.1. The molecule has 2 N–H and O–H groups in total. The van der Waals surface area contributed by atoms with Crippen molar-refractivity contribution in [1.29, 1.82) is 0 Å². The van der Waals surface area contributed by atoms with Gasteiger partial charge in [-0.3, -0.25) is 4.99 Å². The second-order valence-electron chi connectivity index (χ2n) is 6.90. The lowest BCUT2D eigenvalue weighted by molar-refractivity contribution is 0.0403. The molecule has 5 heteroatoms. The number of nitrogens with zero attached hydrogens (tertiary/aromatic N) is 1. The highest BCUT2D eigenvalue weighted by Gasteiger charge is 2.19. The predicted octanol–water partition coefficient (Wildman–Crippen LogP) is 3.84. The third kappa shape index (κ3) is 8.31. The van der Waals surface area contributed by atoms with Crippen molar-refractivity contribution in [2.24, 2.45) is 4.99 Å². The van der Waals surface area contributed by atoms with Crippen molar-refractivity contribution in [3.8, 4) is 0 Å². The van der Waals surface area contributed by atoms with Gasteiger partial charge in [0.1, 0.15) is 0 Å². The van der Waals surface area contributed by atoms with Gasteiger partial charge in [0.05, 0.1) is 6.10 Å². The van der Waals surface area contributed by atoms with E-state index in [1.165, 1.54) is 24.0 Å². The van der Waals surface area contributed by atoms with Crippen molar-refractivity contribution < 1.29 is 9.47 Å². The maximum Gasteiger partial charge on any atom is 0.191 e. The van der Waals surface area contributed by atoms with Crippen molar-refractivity contribution in [2.75, 3.05) is 39.5 Å². The van der Waals surface area contributed by atoms with Gasteiger partial charge in [-0.15, -0.1) is 0 Å². The molecule has 0 heterocycles. The van der Waals surface area contributed by atoms with Crippen LogP contribution in [0.4, 0.5) is 0 Å². The number of rotatable bonds is 12. The Labute approximate surface area is 164 Å². The van der Waals surface area contributed by atoms with Crippen LogP contribution in [0.1, 0.15) is 63.2 Å². The van der Waals surface area contributed by atoms with Gasteiger partial charge in [-0.05, 0) is 63.5 Å². The van der Waals surface area contributed by atoms with Crippen molar-refractivity contribution >= 4 is 5.96 Å². The van der Waals surface area contributed by atoms with Gasteiger partial charge in [0.15, 0.2) is 5.96 Å². The van der Waals surface area contributed by atoms with Crippen molar-refractivity contribution in [1.82, 2.24) is 10.6 Å². The summed E-state index contributed by atoms with van der Waals surface area (Å²) in [6.07, 6.45) is 6.91. The highest BCUT2D eigenvalue weighted by Crippen LogP contribution is 2.32. The lowest BCUT2D eigenvalue weighted by Crippen LogP contribution is -2.38. The largest absolute Gasteiger partial charge is 0.382 e. The van der Waals surface area contributed by atoms with E-state index in [4.69, 9.17) is 9.47 Å². The fraction of sp³-hybridized carbons (Fsp3) is 0.682. The number of hydrogen-bond donors (Lipinski definition) is 2. The molecule has 0 saturated heterocycles. The second kappa shape index (κ2) is 13.6. The zero-order valence-electron chi connectivity index (χ0n) is 17.1. The zero-order chi connectivity index (χ0) is 19.2. The normalized spacial score (nSPS) is 16.8. The molecule has 0 fully saturated rings. The van der Waals surface area contributed by atoms with Gasteiger partial charge >= 0.3 is 0 Å². The van der Waals surface area contributed by atoms with Gasteiger partial charge in [-0.1, -0.05) is 24.3 Å². The standard InChI is InChI=1S/C22H37N3O2/c1-3-23-22(24-15-7-8-17-26-4-2)25-16-10-18-27-21-14-9-12-19-11-5-6-13-20(19)21/h5-6,11,13,21H,3-4,7-10,12,14-18H2,1-2H3,(H2,23,24,25). The Bertz CT molecular complexity index is 548. The number of guanidine groups is 1. The number of aliphatic imine (C=N–C) groups is 1. The van der Waals surface area contributed by atoms with Crippen LogP contribution in [0.2, 0.25) is 0 Å². The molecule has 27 heavy (non-hydrogen) atoms. The quantitative estimate of drug-likeness (QED) is 0.331. The van der Waals surface area contributed by atoms with Crippen LogP contribution in [-0.2, 0) is 15.9 Å². The van der Waals surface area contributed by atoms with Gasteiger partial charge in [0.2, 0.25) is 0 Å². The van der Waals surface area contributed by atoms with E-state index in [9.17, 15) is 0 Å². The van der Waals surface area contributed by atoms with E-state index in [2.05, 4.69) is 46.8 Å². The fourth-order valence-electron chi connectivity index (χ4n) is 3.39. The maximum absolute atomic E-state index is 6.16. The van der Waals surface area contributed by atoms with Crippen molar-refractivity contribution in [3.63, 3.8) is 0 Å². The van der Waals surface area contributed by atoms with Crippen LogP contribution in [-0.4, -0.2) is 45.4 Å². The minimum absolute atomic E-state index is 0.260. The molecule has 0 spiro atoms. The first-order valence-electron chi connectivity index (χ1n) is 10.6. The predicted molar refractivity (Wildman–Crippen MR) is 112 cm³/mol. The first kappa shape index (κ1) is 21.7. The molecule has 152 valence electrons. The summed E-state index contributed by atoms with van der Waals surface area (Å²) in [5, 5.41) is 6.70. The van der Waals surface area contributed by atoms with Crippen LogP contribution >= 0.6 is 0 Å². The Kier molecular flexibility index (Phi) is 10.9. The molecule has 2 rings (SSSR count). The van der Waals surface area contributed by atoms with Gasteiger partial charge < -0.3 is 20.1 Å². The topological polar surface area (TPSA) is 54.9 Å². The van der Waals surface area contributed by atoms with E-state index >= 15 is 0 Å². The number of nitrogens with one attached hydrogen (secondary N) is 2. The van der Waals surface area contributed by atoms with Crippen molar-refractivity contribution in [3.05, 3.63) is 35.4 Å². The third-order valence-corrected chi connectivity index (χ3v) is 4.76. The summed E-state index contributed by atoms with van der Waals surface area (Å²) in [5.74, 6) is 0.900. The van der Waals surface area contributed by atoms with E-state index in [0.29, 0.717) is 0 Å². The summed E-state index contributed by atoms with van der Waals surface area (Å²) in [6.45, 7) is 9.10. The van der Waals surface area contributed by atoms with E-state index < -0.39 is 0 Å². The fourth-order valence-corrected chi connectivity index (χ4v) is 3.39. The van der Waals surface area contributed by atoms with E-state index in [0.717, 1.165) is 71.1 Å². The molecule has 0 radical (unpaired) electrons. The molecule has 0 aliphatic heterocycles. The Morgan fingerprint density at radius 1 is 1.11 bits per heavy atom. The first-order valence-corrected chi connectivity index (χ1v) is 10.6. The SMILES string of the molecule is CCNC(=NCCCOC1CCCc2ccccc21)NCCCCOCC.